The summed E-state index contributed by atoms with van der Waals surface area (Å²) in [6.07, 6.45) is 1.34. The number of nitrogens with zero attached hydrogens (tertiary/aromatic N) is 3. The van der Waals surface area contributed by atoms with E-state index in [1.807, 2.05) is 30.0 Å². The van der Waals surface area contributed by atoms with E-state index in [9.17, 15) is 4.79 Å². The molecule has 3 aromatic rings. The van der Waals surface area contributed by atoms with Gasteiger partial charge in [0.05, 0.1) is 25.8 Å². The van der Waals surface area contributed by atoms with E-state index in [4.69, 9.17) is 30.3 Å². The van der Waals surface area contributed by atoms with Crippen molar-refractivity contribution in [3.05, 3.63) is 41.4 Å². The van der Waals surface area contributed by atoms with Gasteiger partial charge in [0.15, 0.2) is 11.5 Å². The number of aromatic nitrogens is 2. The largest absolute Gasteiger partial charge is 0.495 e. The van der Waals surface area contributed by atoms with Gasteiger partial charge in [-0.05, 0) is 56.2 Å². The van der Waals surface area contributed by atoms with Crippen LogP contribution in [0.25, 0.3) is 11.4 Å². The molecule has 1 aliphatic rings. The number of methoxy groups -OCH3 is 2. The molecule has 10 heteroatoms. The lowest BCUT2D eigenvalue weighted by Crippen LogP contribution is -2.38. The van der Waals surface area contributed by atoms with Crippen molar-refractivity contribution in [3.63, 3.8) is 0 Å². The number of hydrogen-bond donors (Lipinski definition) is 1. The predicted molar refractivity (Wildman–Crippen MR) is 129 cm³/mol. The molecule has 1 amide bonds. The molecule has 34 heavy (non-hydrogen) atoms. The second-order valence-electron chi connectivity index (χ2n) is 7.80. The Morgan fingerprint density at radius 2 is 1.85 bits per heavy atom. The zero-order valence-corrected chi connectivity index (χ0v) is 20.1. The Kier molecular flexibility index (Phi) is 7.42. The minimum Gasteiger partial charge on any atom is -0.495 e. The Morgan fingerprint density at radius 3 is 2.53 bits per heavy atom. The SMILES string of the molecule is CCOc1ccc(-c2noc(N3CCC(C(=O)Nc4ccc(OC)c(Cl)c4)CC3)n2)cc1OC. The van der Waals surface area contributed by atoms with Crippen LogP contribution in [0.2, 0.25) is 5.02 Å². The van der Waals surface area contributed by atoms with Gasteiger partial charge in [-0.3, -0.25) is 4.79 Å². The molecule has 1 fully saturated rings. The number of halogens is 1. The Hall–Kier alpha value is -3.46. The molecule has 180 valence electrons. The number of piperidine rings is 1. The van der Waals surface area contributed by atoms with Gasteiger partial charge in [-0.1, -0.05) is 16.8 Å². The maximum atomic E-state index is 12.7. The Morgan fingerprint density at radius 1 is 1.12 bits per heavy atom. The minimum absolute atomic E-state index is 0.0337. The molecule has 0 spiro atoms. The van der Waals surface area contributed by atoms with Crippen LogP contribution in [0, 0.1) is 5.92 Å². The molecular formula is C24H27ClN4O5. The van der Waals surface area contributed by atoms with E-state index in [1.165, 1.54) is 0 Å². The number of ether oxygens (including phenoxy) is 3. The summed E-state index contributed by atoms with van der Waals surface area (Å²) in [6, 6.07) is 11.1. The van der Waals surface area contributed by atoms with Crippen LogP contribution in [0.1, 0.15) is 19.8 Å². The number of carbonyl (C=O) groups excluding carboxylic acids is 1. The van der Waals surface area contributed by atoms with E-state index in [1.54, 1.807) is 32.4 Å². The predicted octanol–water partition coefficient (Wildman–Crippen LogP) is 4.66. The van der Waals surface area contributed by atoms with Gasteiger partial charge in [0.2, 0.25) is 11.7 Å². The molecule has 9 nitrogen and oxygen atoms in total. The van der Waals surface area contributed by atoms with E-state index >= 15 is 0 Å². The van der Waals surface area contributed by atoms with Crippen LogP contribution >= 0.6 is 11.6 Å². The standard InChI is InChI=1S/C24H27ClN4O5/c1-4-33-20-7-5-16(13-21(20)32-3)22-27-24(34-28-22)29-11-9-15(10-12-29)23(30)26-17-6-8-19(31-2)18(25)14-17/h5-8,13-15H,4,9-12H2,1-3H3,(H,26,30). The Labute approximate surface area is 202 Å². The van der Waals surface area contributed by atoms with Crippen molar-refractivity contribution in [1.82, 2.24) is 10.1 Å². The highest BCUT2D eigenvalue weighted by Crippen LogP contribution is 2.33. The maximum Gasteiger partial charge on any atom is 0.324 e. The number of hydrogen-bond acceptors (Lipinski definition) is 8. The van der Waals surface area contributed by atoms with Crippen molar-refractivity contribution in [2.24, 2.45) is 5.92 Å². The van der Waals surface area contributed by atoms with Crippen LogP contribution in [-0.4, -0.2) is 50.0 Å². The molecule has 1 N–H and O–H groups in total. The summed E-state index contributed by atoms with van der Waals surface area (Å²) in [4.78, 5) is 19.3. The van der Waals surface area contributed by atoms with Gasteiger partial charge in [0.25, 0.3) is 0 Å². The molecule has 0 unspecified atom stereocenters. The Balaban J connectivity index is 1.36. The first kappa shape index (κ1) is 23.7. The zero-order chi connectivity index (χ0) is 24.1. The fourth-order valence-electron chi connectivity index (χ4n) is 3.86. The highest BCUT2D eigenvalue weighted by molar-refractivity contribution is 6.32. The third kappa shape index (κ3) is 5.20. The fraction of sp³-hybridized carbons (Fsp3) is 0.375. The normalized spacial score (nSPS) is 14.1. The van der Waals surface area contributed by atoms with Gasteiger partial charge in [-0.2, -0.15) is 4.98 Å². The maximum absolute atomic E-state index is 12.7. The highest BCUT2D eigenvalue weighted by Gasteiger charge is 2.28. The number of rotatable bonds is 8. The molecule has 2 aromatic carbocycles. The van der Waals surface area contributed by atoms with Gasteiger partial charge in [0.1, 0.15) is 5.75 Å². The van der Waals surface area contributed by atoms with Crippen LogP contribution in [-0.2, 0) is 4.79 Å². The molecular weight excluding hydrogens is 460 g/mol. The van der Waals surface area contributed by atoms with Crippen molar-refractivity contribution in [2.45, 2.75) is 19.8 Å². The lowest BCUT2D eigenvalue weighted by atomic mass is 9.96. The van der Waals surface area contributed by atoms with Crippen LogP contribution in [0.3, 0.4) is 0 Å². The summed E-state index contributed by atoms with van der Waals surface area (Å²) >= 11 is 6.15. The zero-order valence-electron chi connectivity index (χ0n) is 19.3. The number of nitrogens with one attached hydrogen (secondary N) is 1. The molecule has 0 saturated carbocycles. The summed E-state index contributed by atoms with van der Waals surface area (Å²) in [5.74, 6) is 2.15. The van der Waals surface area contributed by atoms with E-state index < -0.39 is 0 Å². The van der Waals surface area contributed by atoms with Gasteiger partial charge in [-0.25, -0.2) is 0 Å². The van der Waals surface area contributed by atoms with E-state index in [0.717, 1.165) is 5.56 Å². The summed E-state index contributed by atoms with van der Waals surface area (Å²) in [7, 11) is 3.14. The van der Waals surface area contributed by atoms with E-state index in [0.29, 0.717) is 72.3 Å². The second kappa shape index (κ2) is 10.6. The first-order valence-electron chi connectivity index (χ1n) is 11.1. The smallest absolute Gasteiger partial charge is 0.324 e. The molecule has 4 rings (SSSR count). The van der Waals surface area contributed by atoms with E-state index in [2.05, 4.69) is 15.5 Å². The summed E-state index contributed by atoms with van der Waals surface area (Å²) in [5, 5.41) is 7.51. The molecule has 0 atom stereocenters. The van der Waals surface area contributed by atoms with Gasteiger partial charge >= 0.3 is 6.01 Å². The second-order valence-corrected chi connectivity index (χ2v) is 8.21. The molecule has 0 radical (unpaired) electrons. The summed E-state index contributed by atoms with van der Waals surface area (Å²) in [6.45, 7) is 3.73. The van der Waals surface area contributed by atoms with Gasteiger partial charge < -0.3 is 29.0 Å². The van der Waals surface area contributed by atoms with Crippen LogP contribution in [0.15, 0.2) is 40.9 Å². The van der Waals surface area contributed by atoms with Crippen LogP contribution in [0.4, 0.5) is 11.7 Å². The molecule has 2 heterocycles. The quantitative estimate of drug-likeness (QED) is 0.490. The molecule has 1 aliphatic heterocycles. The Bertz CT molecular complexity index is 1140. The van der Waals surface area contributed by atoms with Crippen LogP contribution in [0.5, 0.6) is 17.2 Å². The first-order chi connectivity index (χ1) is 16.5. The molecule has 1 saturated heterocycles. The van der Waals surface area contributed by atoms with Crippen molar-refractivity contribution >= 4 is 29.2 Å². The number of amides is 1. The van der Waals surface area contributed by atoms with Gasteiger partial charge in [-0.15, -0.1) is 0 Å². The number of benzene rings is 2. The molecule has 1 aromatic heterocycles. The average molecular weight is 487 g/mol. The van der Waals surface area contributed by atoms with Gasteiger partial charge in [0, 0.05) is 30.3 Å². The average Bonchev–Trinajstić information content (AvgIpc) is 3.35. The number of anilines is 2. The monoisotopic (exact) mass is 486 g/mol. The van der Waals surface area contributed by atoms with E-state index in [-0.39, 0.29) is 11.8 Å². The summed E-state index contributed by atoms with van der Waals surface area (Å²) < 4.78 is 21.6. The fourth-order valence-corrected chi connectivity index (χ4v) is 4.12. The molecule has 0 aliphatic carbocycles. The van der Waals surface area contributed by atoms with Crippen molar-refractivity contribution in [1.29, 1.82) is 0 Å². The highest BCUT2D eigenvalue weighted by atomic mass is 35.5. The minimum atomic E-state index is -0.116. The van der Waals surface area contributed by atoms with Crippen molar-refractivity contribution in [2.75, 3.05) is 44.1 Å². The lowest BCUT2D eigenvalue weighted by Gasteiger charge is -2.29. The summed E-state index contributed by atoms with van der Waals surface area (Å²) in [5.41, 5.74) is 1.41. The first-order valence-corrected chi connectivity index (χ1v) is 11.4. The van der Waals surface area contributed by atoms with Crippen molar-refractivity contribution < 1.29 is 23.5 Å². The number of carbonyl (C=O) groups is 1. The topological polar surface area (TPSA) is 99.0 Å². The molecule has 0 bridgehead atoms. The van der Waals surface area contributed by atoms with Crippen LogP contribution < -0.4 is 24.4 Å². The van der Waals surface area contributed by atoms with Crippen molar-refractivity contribution in [3.8, 4) is 28.6 Å². The lowest BCUT2D eigenvalue weighted by molar-refractivity contribution is -0.120. The third-order valence-corrected chi connectivity index (χ3v) is 5.99. The third-order valence-electron chi connectivity index (χ3n) is 5.69.